The van der Waals surface area contributed by atoms with E-state index in [4.69, 9.17) is 4.42 Å². The number of phenolic OH excluding ortho intramolecular Hbond substituents is 1. The molecule has 2 aromatic rings. The molecule has 2 N–H and O–H groups in total. The van der Waals surface area contributed by atoms with E-state index in [0.29, 0.717) is 45.4 Å². The van der Waals surface area contributed by atoms with Crippen LogP contribution in [-0.2, 0) is 26.1 Å². The average molecular weight is 690 g/mol. The number of halogens is 2. The van der Waals surface area contributed by atoms with Gasteiger partial charge in [0.15, 0.2) is 0 Å². The molecule has 2 aromatic carbocycles. The monoisotopic (exact) mass is 689 g/mol. The summed E-state index contributed by atoms with van der Waals surface area (Å²) in [6.07, 6.45) is 0. The Bertz CT molecular complexity index is 1310. The fourth-order valence-electron chi connectivity index (χ4n) is 3.22. The minimum atomic E-state index is -1.05. The summed E-state index contributed by atoms with van der Waals surface area (Å²) in [6, 6.07) is 11.4. The van der Waals surface area contributed by atoms with E-state index in [1.807, 2.05) is 0 Å². The van der Waals surface area contributed by atoms with Crippen molar-refractivity contribution < 1.29 is 45.5 Å². The molecule has 0 unspecified atom stereocenters. The van der Waals surface area contributed by atoms with Crippen molar-refractivity contribution in [3.8, 4) is 28.2 Å². The van der Waals surface area contributed by atoms with Crippen molar-refractivity contribution >= 4 is 51.9 Å². The number of benzene rings is 3. The van der Waals surface area contributed by atoms with Crippen LogP contribution in [0.5, 0.6) is 5.75 Å². The van der Waals surface area contributed by atoms with E-state index < -0.39 is 5.97 Å². The molecule has 0 saturated carbocycles. The summed E-state index contributed by atoms with van der Waals surface area (Å²) in [4.78, 5) is 24.0. The van der Waals surface area contributed by atoms with Crippen molar-refractivity contribution in [2.45, 2.75) is 0 Å². The summed E-state index contributed by atoms with van der Waals surface area (Å²) in [7, 11) is 0. The van der Waals surface area contributed by atoms with Crippen molar-refractivity contribution in [1.29, 1.82) is 0 Å². The van der Waals surface area contributed by atoms with Gasteiger partial charge in [0.2, 0.25) is 0 Å². The summed E-state index contributed by atoms with van der Waals surface area (Å²) in [5.74, 6) is -0.606. The quantitative estimate of drug-likeness (QED) is 0.236. The van der Waals surface area contributed by atoms with Crippen LogP contribution < -0.4 is 8.50 Å². The molecule has 0 radical (unpaired) electrons. The van der Waals surface area contributed by atoms with Crippen LogP contribution >= 0.6 is 31.9 Å². The number of carbonyl (C=O) groups is 1. The van der Waals surface area contributed by atoms with Crippen LogP contribution in [0.15, 0.2) is 60.6 Å². The van der Waals surface area contributed by atoms with Crippen LogP contribution in [0, 0.1) is 0 Å². The van der Waals surface area contributed by atoms with Gasteiger partial charge in [-0.3, -0.25) is 0 Å². The van der Waals surface area contributed by atoms with Crippen LogP contribution in [0.2, 0.25) is 0 Å². The third-order valence-corrected chi connectivity index (χ3v) is 8.29. The molecule has 0 spiro atoms. The number of aromatic carboxylic acids is 1. The first kappa shape index (κ1) is 19.6. The Kier molecular flexibility index (Phi) is 5.10. The number of fused-ring (bicyclic) bond motifs is 2. The van der Waals surface area contributed by atoms with Crippen LogP contribution in [0.4, 0.5) is 0 Å². The molecule has 134 valence electrons. The van der Waals surface area contributed by atoms with Crippen molar-refractivity contribution in [3.05, 3.63) is 67.2 Å². The van der Waals surface area contributed by atoms with Gasteiger partial charge in [-0.25, -0.2) is 0 Å². The van der Waals surface area contributed by atoms with Crippen LogP contribution in [-0.4, -0.2) is 16.2 Å². The Hall–Kier alpha value is -1.70. The second-order valence-corrected chi connectivity index (χ2v) is 10.6. The van der Waals surface area contributed by atoms with E-state index in [-0.39, 0.29) is 42.9 Å². The molecule has 5 nitrogen and oxygen atoms in total. The molecule has 1 heterocycles. The molecular weight excluding hydrogens is 681 g/mol. The number of hydrogen-bond acceptors (Lipinski definition) is 4. The van der Waals surface area contributed by atoms with E-state index in [1.54, 1.807) is 30.3 Å². The fraction of sp³-hybridized carbons (Fsp3) is 0. The zero-order valence-corrected chi connectivity index (χ0v) is 22.8. The van der Waals surface area contributed by atoms with E-state index >= 15 is 0 Å². The van der Waals surface area contributed by atoms with E-state index in [9.17, 15) is 19.8 Å². The second kappa shape index (κ2) is 7.28. The third-order valence-electron chi connectivity index (χ3n) is 4.51. The van der Waals surface area contributed by atoms with Gasteiger partial charge in [-0.05, 0) is 0 Å². The normalized spacial score (nSPS) is 11.3. The van der Waals surface area contributed by atoms with Crippen molar-refractivity contribution in [2.75, 3.05) is 0 Å². The minimum absolute atomic E-state index is 0.00461. The summed E-state index contributed by atoms with van der Waals surface area (Å²) in [5, 5.41) is 20.7. The molecule has 0 atom stereocenters. The summed E-state index contributed by atoms with van der Waals surface area (Å²) in [6.45, 7) is 0. The number of rotatable bonds is 2. The zero-order chi connectivity index (χ0) is 20.2. The van der Waals surface area contributed by atoms with Crippen molar-refractivity contribution in [3.63, 3.8) is 0 Å². The summed E-state index contributed by atoms with van der Waals surface area (Å²) >= 11 is 6.64. The molecule has 0 fully saturated rings. The molecule has 0 bridgehead atoms. The molecule has 4 rings (SSSR count). The maximum absolute atomic E-state index is 12.2. The average Bonchev–Trinajstić information content (AvgIpc) is 2.66. The molecule has 0 saturated heterocycles. The second-order valence-electron chi connectivity index (χ2n) is 6.17. The van der Waals surface area contributed by atoms with E-state index in [2.05, 4.69) is 31.9 Å². The molecular formula is C20H9Br2HgO5+. The molecule has 0 amide bonds. The van der Waals surface area contributed by atoms with Gasteiger partial charge in [0.1, 0.15) is 0 Å². The molecule has 1 aliphatic carbocycles. The third kappa shape index (κ3) is 3.09. The predicted octanol–water partition coefficient (Wildman–Crippen LogP) is 4.67. The van der Waals surface area contributed by atoms with Gasteiger partial charge >= 0.3 is 193 Å². The first-order valence-corrected chi connectivity index (χ1v) is 12.4. The zero-order valence-electron chi connectivity index (χ0n) is 14.1. The Morgan fingerprint density at radius 3 is 2.46 bits per heavy atom. The Balaban J connectivity index is 2.31. The van der Waals surface area contributed by atoms with Crippen molar-refractivity contribution in [2.24, 2.45) is 0 Å². The van der Waals surface area contributed by atoms with Gasteiger partial charge in [0, 0.05) is 0 Å². The van der Waals surface area contributed by atoms with Gasteiger partial charge < -0.3 is 0 Å². The number of hydrogen-bond donors (Lipinski definition) is 2. The standard InChI is InChI=1S/C20H9Br2O5.Hg/c21-13-5-11-17(7-15(13)23)27-18-8-16(24)14(22)6-12(18)19(11)9-3-1-2-4-10(9)20(25)26;/h1-7,24H,(H,25,26);/q;+1. The van der Waals surface area contributed by atoms with Gasteiger partial charge in [0.25, 0.3) is 0 Å². The number of aromatic hydroxyl groups is 1. The van der Waals surface area contributed by atoms with Crippen LogP contribution in [0.25, 0.3) is 33.4 Å². The van der Waals surface area contributed by atoms with Crippen LogP contribution in [0.3, 0.4) is 0 Å². The molecule has 8 heteroatoms. The number of carboxylic acid groups (broad SMARTS) is 1. The summed E-state index contributed by atoms with van der Waals surface area (Å²) in [5.41, 5.74) is 2.13. The first-order valence-electron chi connectivity index (χ1n) is 8.05. The predicted molar refractivity (Wildman–Crippen MR) is 108 cm³/mol. The SMILES string of the molecule is O=C(O)c1ccccc1-c1c2cc(Br)c(=O)cc-2oc2[c]([Hg+])c(O)c(Br)cc12. The first-order chi connectivity index (χ1) is 13.3. The Labute approximate surface area is 191 Å². The fourth-order valence-corrected chi connectivity index (χ4v) is 6.80. The van der Waals surface area contributed by atoms with Gasteiger partial charge in [0.05, 0.1) is 0 Å². The number of carboxylic acids is 1. The molecule has 28 heavy (non-hydrogen) atoms. The molecule has 0 aromatic heterocycles. The van der Waals surface area contributed by atoms with E-state index in [1.165, 1.54) is 12.1 Å². The van der Waals surface area contributed by atoms with Gasteiger partial charge in [-0.1, -0.05) is 0 Å². The Morgan fingerprint density at radius 2 is 1.75 bits per heavy atom. The molecule has 2 aliphatic rings. The number of phenols is 1. The summed E-state index contributed by atoms with van der Waals surface area (Å²) < 4.78 is 7.55. The van der Waals surface area contributed by atoms with Crippen molar-refractivity contribution in [1.82, 2.24) is 0 Å². The maximum atomic E-state index is 12.2. The Morgan fingerprint density at radius 1 is 1.04 bits per heavy atom. The van der Waals surface area contributed by atoms with E-state index in [0.717, 1.165) is 0 Å². The van der Waals surface area contributed by atoms with Gasteiger partial charge in [-0.15, -0.1) is 0 Å². The van der Waals surface area contributed by atoms with Gasteiger partial charge in [-0.2, -0.15) is 0 Å². The molecule has 1 aliphatic heterocycles. The van der Waals surface area contributed by atoms with Crippen LogP contribution in [0.1, 0.15) is 10.4 Å². The topological polar surface area (TPSA) is 87.7 Å².